The minimum absolute atomic E-state index is 0.0512. The summed E-state index contributed by atoms with van der Waals surface area (Å²) in [7, 11) is 1.67. The number of hydrogen-bond acceptors (Lipinski definition) is 4. The third-order valence-corrected chi connectivity index (χ3v) is 4.50. The van der Waals surface area contributed by atoms with E-state index < -0.39 is 0 Å². The van der Waals surface area contributed by atoms with Crippen molar-refractivity contribution in [3.63, 3.8) is 0 Å². The average Bonchev–Trinajstić information content (AvgIpc) is 2.94. The van der Waals surface area contributed by atoms with E-state index in [1.807, 2.05) is 19.1 Å². The van der Waals surface area contributed by atoms with Gasteiger partial charge in [-0.15, -0.1) is 11.8 Å². The summed E-state index contributed by atoms with van der Waals surface area (Å²) in [5, 5.41) is 6.16. The number of carbonyl (C=O) groups excluding carboxylic acids is 1. The van der Waals surface area contributed by atoms with Crippen molar-refractivity contribution in [1.82, 2.24) is 10.6 Å². The Labute approximate surface area is 118 Å². The molecule has 1 fully saturated rings. The fraction of sp³-hybridized carbons (Fsp3) is 0.500. The maximum atomic E-state index is 11.9. The van der Waals surface area contributed by atoms with Crippen LogP contribution in [0.15, 0.2) is 12.1 Å². The molecule has 1 heterocycles. The van der Waals surface area contributed by atoms with Gasteiger partial charge in [0.25, 0.3) is 0 Å². The molecule has 0 radical (unpaired) electrons. The highest BCUT2D eigenvalue weighted by molar-refractivity contribution is 7.99. The van der Waals surface area contributed by atoms with Crippen LogP contribution in [0.1, 0.15) is 16.7 Å². The zero-order valence-corrected chi connectivity index (χ0v) is 12.4. The molecule has 0 aliphatic carbocycles. The third kappa shape index (κ3) is 3.22. The molecule has 1 aromatic rings. The second-order valence-corrected chi connectivity index (χ2v) is 5.70. The molecule has 1 aliphatic heterocycles. The van der Waals surface area contributed by atoms with Gasteiger partial charge in [0, 0.05) is 18.2 Å². The molecular formula is C14H20N2O2S. The zero-order chi connectivity index (χ0) is 13.8. The molecule has 5 heteroatoms. The van der Waals surface area contributed by atoms with Crippen LogP contribution >= 0.6 is 11.8 Å². The van der Waals surface area contributed by atoms with Crippen molar-refractivity contribution in [1.29, 1.82) is 0 Å². The van der Waals surface area contributed by atoms with Crippen molar-refractivity contribution in [3.8, 4) is 5.75 Å². The number of nitrogens with one attached hydrogen (secondary N) is 2. The van der Waals surface area contributed by atoms with Crippen molar-refractivity contribution in [2.45, 2.75) is 26.4 Å². The van der Waals surface area contributed by atoms with Crippen molar-refractivity contribution in [2.24, 2.45) is 0 Å². The van der Waals surface area contributed by atoms with Crippen LogP contribution in [0.3, 0.4) is 0 Å². The number of methoxy groups -OCH3 is 1. The van der Waals surface area contributed by atoms with Gasteiger partial charge in [-0.2, -0.15) is 0 Å². The van der Waals surface area contributed by atoms with Gasteiger partial charge >= 0.3 is 0 Å². The fourth-order valence-corrected chi connectivity index (χ4v) is 3.08. The average molecular weight is 280 g/mol. The summed E-state index contributed by atoms with van der Waals surface area (Å²) in [6.45, 7) is 4.66. The third-order valence-electron chi connectivity index (χ3n) is 3.56. The maximum absolute atomic E-state index is 11.9. The molecule has 19 heavy (non-hydrogen) atoms. The van der Waals surface area contributed by atoms with Gasteiger partial charge in [-0.25, -0.2) is 0 Å². The molecule has 1 atom stereocenters. The molecular weight excluding hydrogens is 260 g/mol. The normalized spacial score (nSPS) is 18.4. The van der Waals surface area contributed by atoms with Crippen LogP contribution in [0, 0.1) is 13.8 Å². The molecule has 2 rings (SSSR count). The van der Waals surface area contributed by atoms with Gasteiger partial charge in [-0.1, -0.05) is 6.07 Å². The lowest BCUT2D eigenvalue weighted by Crippen LogP contribution is -2.41. The fourth-order valence-electron chi connectivity index (χ4n) is 2.13. The molecule has 1 aliphatic rings. The Hall–Kier alpha value is -1.20. The monoisotopic (exact) mass is 280 g/mol. The van der Waals surface area contributed by atoms with Crippen molar-refractivity contribution in [3.05, 3.63) is 28.8 Å². The first-order valence-electron chi connectivity index (χ1n) is 6.35. The molecule has 1 amide bonds. The van der Waals surface area contributed by atoms with Gasteiger partial charge in [0.1, 0.15) is 5.75 Å². The Kier molecular flexibility index (Phi) is 4.71. The molecule has 0 bridgehead atoms. The summed E-state index contributed by atoms with van der Waals surface area (Å²) in [6, 6.07) is 3.91. The first kappa shape index (κ1) is 14.2. The number of ether oxygens (including phenoxy) is 1. The summed E-state index contributed by atoms with van der Waals surface area (Å²) in [6.07, 6.45) is 0. The van der Waals surface area contributed by atoms with E-state index in [-0.39, 0.29) is 11.9 Å². The number of rotatable bonds is 4. The largest absolute Gasteiger partial charge is 0.496 e. The molecule has 1 saturated heterocycles. The molecule has 0 aromatic heterocycles. The quantitative estimate of drug-likeness (QED) is 0.879. The van der Waals surface area contributed by atoms with Crippen LogP contribution in [0.5, 0.6) is 5.75 Å². The smallest absolute Gasteiger partial charge is 0.238 e. The minimum Gasteiger partial charge on any atom is -0.496 e. The summed E-state index contributed by atoms with van der Waals surface area (Å²) in [5.41, 5.74) is 3.44. The topological polar surface area (TPSA) is 50.4 Å². The van der Waals surface area contributed by atoms with Crippen LogP contribution in [-0.2, 0) is 11.3 Å². The van der Waals surface area contributed by atoms with Crippen molar-refractivity contribution < 1.29 is 9.53 Å². The van der Waals surface area contributed by atoms with Crippen LogP contribution in [0.2, 0.25) is 0 Å². The van der Waals surface area contributed by atoms with E-state index in [0.29, 0.717) is 6.54 Å². The zero-order valence-electron chi connectivity index (χ0n) is 11.6. The number of benzene rings is 1. The Morgan fingerprint density at radius 2 is 2.26 bits per heavy atom. The van der Waals surface area contributed by atoms with E-state index in [9.17, 15) is 4.79 Å². The molecule has 1 aromatic carbocycles. The van der Waals surface area contributed by atoms with Gasteiger partial charge in [-0.3, -0.25) is 10.1 Å². The minimum atomic E-state index is -0.0512. The Morgan fingerprint density at radius 1 is 1.47 bits per heavy atom. The molecule has 104 valence electrons. The van der Waals surface area contributed by atoms with Crippen molar-refractivity contribution in [2.75, 3.05) is 18.7 Å². The van der Waals surface area contributed by atoms with E-state index in [1.54, 1.807) is 18.9 Å². The SMILES string of the molecule is COc1ccc(CNC(=O)C2CSCN2)c(C)c1C. The van der Waals surface area contributed by atoms with Crippen molar-refractivity contribution >= 4 is 17.7 Å². The number of thioether (sulfide) groups is 1. The molecule has 4 nitrogen and oxygen atoms in total. The molecule has 0 spiro atoms. The van der Waals surface area contributed by atoms with E-state index in [1.165, 1.54) is 5.56 Å². The summed E-state index contributed by atoms with van der Waals surface area (Å²) < 4.78 is 5.29. The second-order valence-electron chi connectivity index (χ2n) is 4.67. The highest BCUT2D eigenvalue weighted by Crippen LogP contribution is 2.23. The van der Waals surface area contributed by atoms with E-state index in [0.717, 1.165) is 28.5 Å². The molecule has 2 N–H and O–H groups in total. The Morgan fingerprint density at radius 3 is 2.89 bits per heavy atom. The standard InChI is InChI=1S/C14H20N2O2S/c1-9-10(2)13(18-3)5-4-11(9)6-15-14(17)12-7-19-8-16-12/h4-5,12,16H,6-8H2,1-3H3,(H,15,17). The predicted molar refractivity (Wildman–Crippen MR) is 78.6 cm³/mol. The number of carbonyl (C=O) groups is 1. The van der Waals surface area contributed by atoms with E-state index in [4.69, 9.17) is 4.74 Å². The van der Waals surface area contributed by atoms with Gasteiger partial charge in [0.2, 0.25) is 5.91 Å². The van der Waals surface area contributed by atoms with Crippen LogP contribution in [0.25, 0.3) is 0 Å². The highest BCUT2D eigenvalue weighted by Gasteiger charge is 2.22. The van der Waals surface area contributed by atoms with Gasteiger partial charge < -0.3 is 10.1 Å². The first-order valence-corrected chi connectivity index (χ1v) is 7.51. The Bertz CT molecular complexity index is 471. The van der Waals surface area contributed by atoms with Crippen LogP contribution in [0.4, 0.5) is 0 Å². The summed E-state index contributed by atoms with van der Waals surface area (Å²) in [4.78, 5) is 11.9. The summed E-state index contributed by atoms with van der Waals surface area (Å²) >= 11 is 1.75. The number of amides is 1. The Balaban J connectivity index is 1.99. The van der Waals surface area contributed by atoms with Gasteiger partial charge in [0.15, 0.2) is 0 Å². The summed E-state index contributed by atoms with van der Waals surface area (Å²) in [5.74, 6) is 2.69. The van der Waals surface area contributed by atoms with E-state index in [2.05, 4.69) is 17.6 Å². The van der Waals surface area contributed by atoms with E-state index >= 15 is 0 Å². The first-order chi connectivity index (χ1) is 9.13. The number of hydrogen-bond donors (Lipinski definition) is 2. The lowest BCUT2D eigenvalue weighted by molar-refractivity contribution is -0.122. The van der Waals surface area contributed by atoms with Gasteiger partial charge in [0.05, 0.1) is 13.2 Å². The maximum Gasteiger partial charge on any atom is 0.238 e. The molecule has 0 saturated carbocycles. The lowest BCUT2D eigenvalue weighted by Gasteiger charge is -2.15. The second kappa shape index (κ2) is 6.30. The molecule has 1 unspecified atom stereocenters. The van der Waals surface area contributed by atoms with Gasteiger partial charge in [-0.05, 0) is 36.6 Å². The van der Waals surface area contributed by atoms with Crippen LogP contribution in [-0.4, -0.2) is 30.7 Å². The van der Waals surface area contributed by atoms with Crippen LogP contribution < -0.4 is 15.4 Å². The predicted octanol–water partition coefficient (Wildman–Crippen LogP) is 1.59. The highest BCUT2D eigenvalue weighted by atomic mass is 32.2. The lowest BCUT2D eigenvalue weighted by atomic mass is 10.0.